The van der Waals surface area contributed by atoms with Crippen LogP contribution in [-0.2, 0) is 12.8 Å². The molecule has 0 spiro atoms. The van der Waals surface area contributed by atoms with E-state index in [1.807, 2.05) is 6.07 Å². The second-order valence-electron chi connectivity index (χ2n) is 4.18. The lowest BCUT2D eigenvalue weighted by Crippen LogP contribution is -2.08. The van der Waals surface area contributed by atoms with E-state index in [9.17, 15) is 4.79 Å². The molecule has 1 heterocycles. The second-order valence-corrected chi connectivity index (χ2v) is 5.31. The van der Waals surface area contributed by atoms with Crippen LogP contribution >= 0.6 is 11.3 Å². The Balaban J connectivity index is 2.27. The molecule has 3 nitrogen and oxygen atoms in total. The Morgan fingerprint density at radius 1 is 1.24 bits per heavy atom. The number of ketones is 1. The van der Waals surface area contributed by atoms with Crippen LogP contribution in [0.25, 0.3) is 0 Å². The highest BCUT2D eigenvalue weighted by molar-refractivity contribution is 7.14. The standard InChI is InChI=1S/C13H12N2OS/c14-7-10(8-15)13(16)12-6-9-4-2-1-3-5-11(9)17-12/h6,10H,1-5H2. The van der Waals surface area contributed by atoms with Gasteiger partial charge in [-0.2, -0.15) is 10.5 Å². The van der Waals surface area contributed by atoms with Crippen LogP contribution in [0.15, 0.2) is 6.07 Å². The van der Waals surface area contributed by atoms with Crippen molar-refractivity contribution in [2.45, 2.75) is 32.1 Å². The van der Waals surface area contributed by atoms with Gasteiger partial charge in [0, 0.05) is 4.88 Å². The van der Waals surface area contributed by atoms with E-state index in [0.29, 0.717) is 4.88 Å². The van der Waals surface area contributed by atoms with Crippen LogP contribution in [0.5, 0.6) is 0 Å². The summed E-state index contributed by atoms with van der Waals surface area (Å²) < 4.78 is 0. The predicted molar refractivity (Wildman–Crippen MR) is 64.6 cm³/mol. The van der Waals surface area contributed by atoms with Crippen molar-refractivity contribution < 1.29 is 4.79 Å². The third-order valence-electron chi connectivity index (χ3n) is 3.01. The van der Waals surface area contributed by atoms with Crippen molar-refractivity contribution >= 4 is 17.1 Å². The average Bonchev–Trinajstić information content (AvgIpc) is 2.62. The Kier molecular flexibility index (Phi) is 3.56. The first-order valence-electron chi connectivity index (χ1n) is 5.71. The van der Waals surface area contributed by atoms with Crippen LogP contribution in [0, 0.1) is 28.6 Å². The smallest absolute Gasteiger partial charge is 0.204 e. The number of hydrogen-bond acceptors (Lipinski definition) is 4. The molecule has 0 bridgehead atoms. The van der Waals surface area contributed by atoms with Crippen LogP contribution in [-0.4, -0.2) is 5.78 Å². The fourth-order valence-electron chi connectivity index (χ4n) is 2.08. The van der Waals surface area contributed by atoms with Crippen LogP contribution in [0.1, 0.15) is 39.4 Å². The van der Waals surface area contributed by atoms with Crippen molar-refractivity contribution in [3.63, 3.8) is 0 Å². The maximum atomic E-state index is 11.9. The van der Waals surface area contributed by atoms with E-state index in [1.165, 1.54) is 34.6 Å². The van der Waals surface area contributed by atoms with Crippen LogP contribution < -0.4 is 0 Å². The molecule has 0 unspecified atom stereocenters. The van der Waals surface area contributed by atoms with E-state index >= 15 is 0 Å². The van der Waals surface area contributed by atoms with Gasteiger partial charge in [-0.15, -0.1) is 11.3 Å². The first kappa shape index (κ1) is 11.8. The van der Waals surface area contributed by atoms with Gasteiger partial charge in [-0.1, -0.05) is 6.42 Å². The highest BCUT2D eigenvalue weighted by atomic mass is 32.1. The molecule has 0 atom stereocenters. The molecule has 17 heavy (non-hydrogen) atoms. The Labute approximate surface area is 104 Å². The zero-order chi connectivity index (χ0) is 12.3. The van der Waals surface area contributed by atoms with Crippen molar-refractivity contribution in [3.8, 4) is 12.1 Å². The molecule has 0 amide bonds. The summed E-state index contributed by atoms with van der Waals surface area (Å²) in [5.74, 6) is -1.50. The van der Waals surface area contributed by atoms with Gasteiger partial charge in [0.1, 0.15) is 0 Å². The Hall–Kier alpha value is -1.65. The lowest BCUT2D eigenvalue weighted by molar-refractivity contribution is 0.0975. The van der Waals surface area contributed by atoms with Gasteiger partial charge in [0.25, 0.3) is 0 Å². The fourth-order valence-corrected chi connectivity index (χ4v) is 3.30. The number of carbonyl (C=O) groups excluding carboxylic acids is 1. The molecule has 0 saturated carbocycles. The van der Waals surface area contributed by atoms with E-state index < -0.39 is 5.92 Å². The summed E-state index contributed by atoms with van der Waals surface area (Å²) in [6, 6.07) is 5.36. The number of rotatable bonds is 2. The molecular formula is C13H12N2OS. The number of Topliss-reactive ketones (excluding diaryl/α,β-unsaturated/α-hetero) is 1. The van der Waals surface area contributed by atoms with Crippen molar-refractivity contribution in [2.24, 2.45) is 5.92 Å². The fraction of sp³-hybridized carbons (Fsp3) is 0.462. The largest absolute Gasteiger partial charge is 0.291 e. The number of carbonyl (C=O) groups is 1. The molecule has 0 aliphatic heterocycles. The lowest BCUT2D eigenvalue weighted by atomic mass is 10.0. The van der Waals surface area contributed by atoms with E-state index in [1.54, 1.807) is 12.1 Å². The maximum Gasteiger partial charge on any atom is 0.204 e. The van der Waals surface area contributed by atoms with Gasteiger partial charge in [0.2, 0.25) is 5.78 Å². The molecule has 0 N–H and O–H groups in total. The Morgan fingerprint density at radius 3 is 2.65 bits per heavy atom. The number of fused-ring (bicyclic) bond motifs is 1. The molecule has 2 rings (SSSR count). The zero-order valence-electron chi connectivity index (χ0n) is 9.40. The third kappa shape index (κ3) is 2.38. The average molecular weight is 244 g/mol. The van der Waals surface area contributed by atoms with Gasteiger partial charge in [-0.3, -0.25) is 4.79 Å². The molecule has 1 aromatic rings. The minimum absolute atomic E-state index is 0.340. The minimum atomic E-state index is -1.16. The summed E-state index contributed by atoms with van der Waals surface area (Å²) >= 11 is 1.46. The van der Waals surface area contributed by atoms with E-state index in [0.717, 1.165) is 19.3 Å². The maximum absolute atomic E-state index is 11.9. The number of hydrogen-bond donors (Lipinski definition) is 0. The quantitative estimate of drug-likeness (QED) is 0.593. The van der Waals surface area contributed by atoms with E-state index in [4.69, 9.17) is 10.5 Å². The number of aryl methyl sites for hydroxylation is 2. The third-order valence-corrected chi connectivity index (χ3v) is 4.26. The zero-order valence-corrected chi connectivity index (χ0v) is 10.2. The topological polar surface area (TPSA) is 64.7 Å². The van der Waals surface area contributed by atoms with E-state index in [-0.39, 0.29) is 5.78 Å². The first-order valence-corrected chi connectivity index (χ1v) is 6.53. The van der Waals surface area contributed by atoms with Gasteiger partial charge >= 0.3 is 0 Å². The summed E-state index contributed by atoms with van der Waals surface area (Å²) in [6.07, 6.45) is 5.61. The summed E-state index contributed by atoms with van der Waals surface area (Å²) in [5.41, 5.74) is 1.24. The van der Waals surface area contributed by atoms with E-state index in [2.05, 4.69) is 0 Å². The Morgan fingerprint density at radius 2 is 1.94 bits per heavy atom. The van der Waals surface area contributed by atoms with Gasteiger partial charge in [0.15, 0.2) is 5.92 Å². The highest BCUT2D eigenvalue weighted by Gasteiger charge is 2.23. The van der Waals surface area contributed by atoms with Gasteiger partial charge < -0.3 is 0 Å². The number of nitrogens with zero attached hydrogens (tertiary/aromatic N) is 2. The van der Waals surface area contributed by atoms with Crippen molar-refractivity contribution in [1.29, 1.82) is 10.5 Å². The highest BCUT2D eigenvalue weighted by Crippen LogP contribution is 2.30. The predicted octanol–water partition coefficient (Wildman–Crippen LogP) is 2.86. The Bertz CT molecular complexity index is 481. The molecule has 86 valence electrons. The summed E-state index contributed by atoms with van der Waals surface area (Å²) in [5, 5.41) is 17.4. The molecule has 1 aliphatic carbocycles. The molecule has 1 aliphatic rings. The SMILES string of the molecule is N#CC(C#N)C(=O)c1cc2c(s1)CCCCC2. The van der Waals surface area contributed by atoms with Gasteiger partial charge in [-0.25, -0.2) is 0 Å². The summed E-state index contributed by atoms with van der Waals surface area (Å²) in [4.78, 5) is 13.7. The lowest BCUT2D eigenvalue weighted by Gasteiger charge is -1.95. The monoisotopic (exact) mass is 244 g/mol. The molecule has 4 heteroatoms. The van der Waals surface area contributed by atoms with Crippen LogP contribution in [0.4, 0.5) is 0 Å². The normalized spacial score (nSPS) is 14.5. The van der Waals surface area contributed by atoms with Gasteiger partial charge in [-0.05, 0) is 37.3 Å². The molecule has 0 aromatic carbocycles. The molecule has 0 radical (unpaired) electrons. The van der Waals surface area contributed by atoms with Crippen LogP contribution in [0.3, 0.4) is 0 Å². The summed E-state index contributed by atoms with van der Waals surface area (Å²) in [7, 11) is 0. The van der Waals surface area contributed by atoms with Gasteiger partial charge in [0.05, 0.1) is 17.0 Å². The minimum Gasteiger partial charge on any atom is -0.291 e. The first-order chi connectivity index (χ1) is 8.26. The van der Waals surface area contributed by atoms with Crippen molar-refractivity contribution in [1.82, 2.24) is 0 Å². The molecule has 0 fully saturated rings. The van der Waals surface area contributed by atoms with Crippen LogP contribution in [0.2, 0.25) is 0 Å². The molecular weight excluding hydrogens is 232 g/mol. The van der Waals surface area contributed by atoms with Crippen molar-refractivity contribution in [3.05, 3.63) is 21.4 Å². The molecule has 1 aromatic heterocycles. The number of thiophene rings is 1. The summed E-state index contributed by atoms with van der Waals surface area (Å²) in [6.45, 7) is 0. The van der Waals surface area contributed by atoms with Crippen molar-refractivity contribution in [2.75, 3.05) is 0 Å². The second kappa shape index (κ2) is 5.12. The number of nitriles is 2. The molecule has 0 saturated heterocycles.